The van der Waals surface area contributed by atoms with Crippen LogP contribution in [0.15, 0.2) is 30.3 Å². The third kappa shape index (κ3) is 13.5. The van der Waals surface area contributed by atoms with Gasteiger partial charge in [0.15, 0.2) is 5.78 Å². The summed E-state index contributed by atoms with van der Waals surface area (Å²) in [5, 5.41) is 40.0. The zero-order valence-electron chi connectivity index (χ0n) is 26.9. The van der Waals surface area contributed by atoms with Gasteiger partial charge in [0.2, 0.25) is 5.91 Å². The molecule has 2 aliphatic rings. The highest BCUT2D eigenvalue weighted by molar-refractivity contribution is 6.28. The van der Waals surface area contributed by atoms with Gasteiger partial charge in [0, 0.05) is 70.4 Å². The van der Waals surface area contributed by atoms with Crippen molar-refractivity contribution in [1.82, 2.24) is 29.8 Å². The summed E-state index contributed by atoms with van der Waals surface area (Å²) in [6.07, 6.45) is 4.47. The summed E-state index contributed by atoms with van der Waals surface area (Å²) in [5.74, 6) is -4.38. The normalized spacial score (nSPS) is 19.4. The molecule has 5 N–H and O–H groups in total. The molecule has 2 saturated heterocycles. The van der Waals surface area contributed by atoms with E-state index in [9.17, 15) is 49.1 Å². The first-order valence-electron chi connectivity index (χ1n) is 15.8. The molecule has 1 aromatic rings. The molecule has 2 fully saturated rings. The molecule has 0 bridgehead atoms. The minimum Gasteiger partial charge on any atom is -0.480 e. The molecule has 0 aliphatic carbocycles. The Morgan fingerprint density at radius 3 is 1.60 bits per heavy atom. The molecule has 0 spiro atoms. The third-order valence-corrected chi connectivity index (χ3v) is 8.21. The zero-order valence-corrected chi connectivity index (χ0v) is 26.9. The van der Waals surface area contributed by atoms with Crippen LogP contribution in [0.3, 0.4) is 0 Å². The number of aliphatic carboxylic acids is 3. The van der Waals surface area contributed by atoms with Crippen LogP contribution in [-0.4, -0.2) is 185 Å². The molecule has 261 valence electrons. The smallest absolute Gasteiger partial charge is 0.317 e. The first-order chi connectivity index (χ1) is 22.9. The zero-order chi connectivity index (χ0) is 35.1. The van der Waals surface area contributed by atoms with Crippen LogP contribution >= 0.6 is 0 Å². The maximum atomic E-state index is 13.0. The summed E-state index contributed by atoms with van der Waals surface area (Å²) < 4.78 is 0. The number of carboxylic acid groups (broad SMARTS) is 3. The summed E-state index contributed by atoms with van der Waals surface area (Å²) in [6.45, 7) is 1.97. The van der Waals surface area contributed by atoms with E-state index in [4.69, 9.17) is 0 Å². The number of amides is 2. The highest BCUT2D eigenvalue weighted by Crippen LogP contribution is 2.15. The van der Waals surface area contributed by atoms with Crippen molar-refractivity contribution >= 4 is 49.1 Å². The van der Waals surface area contributed by atoms with Gasteiger partial charge in [-0.15, -0.1) is 0 Å². The highest BCUT2D eigenvalue weighted by Gasteiger charge is 2.29. The molecule has 0 unspecified atom stereocenters. The van der Waals surface area contributed by atoms with E-state index in [1.807, 2.05) is 4.90 Å². The molecule has 0 aromatic heterocycles. The number of carbonyl (C=O) groups excluding carboxylic acids is 3. The van der Waals surface area contributed by atoms with Gasteiger partial charge in [0.1, 0.15) is 0 Å². The molecule has 2 heterocycles. The van der Waals surface area contributed by atoms with E-state index in [0.29, 0.717) is 50.3 Å². The van der Waals surface area contributed by atoms with Gasteiger partial charge >= 0.3 is 25.4 Å². The van der Waals surface area contributed by atoms with Crippen molar-refractivity contribution < 1.29 is 49.1 Å². The number of likely N-dealkylation sites (tertiary alicyclic amines) is 1. The second kappa shape index (κ2) is 19.6. The number of hydrogen-bond acceptors (Lipinski definition) is 11. The van der Waals surface area contributed by atoms with Gasteiger partial charge in [-0.25, -0.2) is 0 Å². The minimum atomic E-state index is -1.03. The Morgan fingerprint density at radius 1 is 0.708 bits per heavy atom. The molecule has 1 atom stereocenters. The van der Waals surface area contributed by atoms with Crippen molar-refractivity contribution in [2.75, 3.05) is 91.6 Å². The van der Waals surface area contributed by atoms with E-state index in [-0.39, 0.29) is 76.5 Å². The van der Waals surface area contributed by atoms with Crippen LogP contribution in [0.2, 0.25) is 0 Å². The van der Waals surface area contributed by atoms with Crippen LogP contribution in [0.5, 0.6) is 0 Å². The van der Waals surface area contributed by atoms with Gasteiger partial charge < -0.3 is 30.6 Å². The van der Waals surface area contributed by atoms with Crippen molar-refractivity contribution in [2.45, 2.75) is 18.8 Å². The number of nitrogens with zero attached hydrogens (tertiary/aromatic N) is 5. The minimum absolute atomic E-state index is 0.00387. The van der Waals surface area contributed by atoms with Crippen molar-refractivity contribution in [3.05, 3.63) is 41.5 Å². The van der Waals surface area contributed by atoms with Crippen molar-refractivity contribution in [3.8, 4) is 0 Å². The fourth-order valence-corrected chi connectivity index (χ4v) is 5.61. The number of nitrogens with one attached hydrogen (secondary N) is 1. The van der Waals surface area contributed by atoms with Crippen LogP contribution in [-0.2, 0) is 24.0 Å². The number of benzene rings is 1. The average molecular weight is 672 g/mol. The van der Waals surface area contributed by atoms with Crippen LogP contribution in [0.4, 0.5) is 0 Å². The maximum absolute atomic E-state index is 13.0. The molecule has 3 rings (SSSR count). The number of hydrogen-bond donors (Lipinski definition) is 5. The Labute approximate surface area is 279 Å². The maximum Gasteiger partial charge on any atom is 0.317 e. The van der Waals surface area contributed by atoms with Gasteiger partial charge in [-0.2, -0.15) is 0 Å². The Bertz CT molecular complexity index is 1280. The van der Waals surface area contributed by atoms with E-state index in [0.717, 1.165) is 13.9 Å². The number of carboxylic acids is 3. The predicted octanol–water partition coefficient (Wildman–Crippen LogP) is -1.97. The quantitative estimate of drug-likeness (QED) is 0.107. The van der Waals surface area contributed by atoms with E-state index >= 15 is 0 Å². The summed E-state index contributed by atoms with van der Waals surface area (Å²) in [6, 6.07) is 6.47. The average Bonchev–Trinajstić information content (AvgIpc) is 3.52. The lowest BCUT2D eigenvalue weighted by Crippen LogP contribution is -2.49. The Kier molecular flexibility index (Phi) is 15.6. The van der Waals surface area contributed by atoms with E-state index in [2.05, 4.69) is 5.32 Å². The summed E-state index contributed by atoms with van der Waals surface area (Å²) in [7, 11) is 0.995. The molecule has 1 radical (unpaired) electrons. The Hall–Kier alpha value is -4.16. The number of carbonyl (C=O) groups is 6. The van der Waals surface area contributed by atoms with Gasteiger partial charge in [-0.05, 0) is 36.6 Å². The van der Waals surface area contributed by atoms with E-state index < -0.39 is 23.8 Å². The highest BCUT2D eigenvalue weighted by atomic mass is 16.4. The summed E-state index contributed by atoms with van der Waals surface area (Å²) >= 11 is 0. The standard InChI is InChI=1S/C31H44BN6O10/c39-25(8-5-23-3-6-24(7-4-23)31(47)33-18-27(40)38-9-1-2-26(38)32-48)19-34-10-12-35(20-28(41)42)14-16-37(22-30(45)46)17-15-36(13-11-34)21-29(43)44/h3-8,26,48H,1-2,9-22H2,(H,33,47)(H,41,42)(H,43,44)(H,45,46)/b8-5+/t26-/m0/s1. The van der Waals surface area contributed by atoms with Crippen molar-refractivity contribution in [1.29, 1.82) is 0 Å². The fourth-order valence-electron chi connectivity index (χ4n) is 5.61. The first-order valence-corrected chi connectivity index (χ1v) is 15.8. The van der Waals surface area contributed by atoms with E-state index in [1.165, 1.54) is 11.0 Å². The second-order valence-electron chi connectivity index (χ2n) is 11.8. The largest absolute Gasteiger partial charge is 0.480 e. The SMILES string of the molecule is O=C(O)CN1CCN(CC(=O)O)CCN(CC(=O)/C=C/c2ccc(C(=O)NCC(=O)N3CCC[C@H]3[B]O)cc2)CCN(CC(=O)O)CC1. The van der Waals surface area contributed by atoms with Crippen LogP contribution in [0.25, 0.3) is 6.08 Å². The van der Waals surface area contributed by atoms with Gasteiger partial charge in [0.05, 0.1) is 32.7 Å². The lowest BCUT2D eigenvalue weighted by Gasteiger charge is -2.32. The number of rotatable bonds is 14. The van der Waals surface area contributed by atoms with Crippen molar-refractivity contribution in [2.24, 2.45) is 0 Å². The molecule has 17 heteroatoms. The molecule has 2 amide bonds. The predicted molar refractivity (Wildman–Crippen MR) is 174 cm³/mol. The number of ketones is 1. The molecule has 1 aromatic carbocycles. The lowest BCUT2D eigenvalue weighted by atomic mass is 9.86. The summed E-state index contributed by atoms with van der Waals surface area (Å²) in [4.78, 5) is 80.7. The fraction of sp³-hybridized carbons (Fsp3) is 0.548. The second-order valence-corrected chi connectivity index (χ2v) is 11.8. The van der Waals surface area contributed by atoms with Crippen LogP contribution in [0.1, 0.15) is 28.8 Å². The molecule has 16 nitrogen and oxygen atoms in total. The molecular weight excluding hydrogens is 627 g/mol. The van der Waals surface area contributed by atoms with Gasteiger partial charge in [0.25, 0.3) is 5.91 Å². The van der Waals surface area contributed by atoms with Gasteiger partial charge in [-0.1, -0.05) is 18.2 Å². The third-order valence-electron chi connectivity index (χ3n) is 8.21. The monoisotopic (exact) mass is 671 g/mol. The topological polar surface area (TPSA) is 212 Å². The van der Waals surface area contributed by atoms with Crippen LogP contribution < -0.4 is 5.32 Å². The first kappa shape index (κ1) is 38.3. The molecule has 0 saturated carbocycles. The molecule has 48 heavy (non-hydrogen) atoms. The summed E-state index contributed by atoms with van der Waals surface area (Å²) in [5.41, 5.74) is 0.995. The van der Waals surface area contributed by atoms with Crippen molar-refractivity contribution in [3.63, 3.8) is 0 Å². The Morgan fingerprint density at radius 2 is 1.17 bits per heavy atom. The van der Waals surface area contributed by atoms with Crippen LogP contribution in [0, 0.1) is 0 Å². The Balaban J connectivity index is 1.59. The molecule has 2 aliphatic heterocycles. The lowest BCUT2D eigenvalue weighted by molar-refractivity contribution is -0.140. The van der Waals surface area contributed by atoms with Gasteiger partial charge in [-0.3, -0.25) is 48.4 Å². The molecular formula is C31H44BN6O10. The van der Waals surface area contributed by atoms with E-state index in [1.54, 1.807) is 45.0 Å².